The highest BCUT2D eigenvalue weighted by molar-refractivity contribution is 14.1. The van der Waals surface area contributed by atoms with Crippen LogP contribution in [-0.2, 0) is 0 Å². The van der Waals surface area contributed by atoms with Crippen molar-refractivity contribution >= 4 is 43.1 Å². The fraction of sp³-hybridized carbons (Fsp3) is 0. The highest BCUT2D eigenvalue weighted by Gasteiger charge is 2.14. The van der Waals surface area contributed by atoms with E-state index in [1.807, 2.05) is 0 Å². The molecule has 1 atom stereocenters. The quantitative estimate of drug-likeness (QED) is 0.424. The van der Waals surface area contributed by atoms with Gasteiger partial charge in [-0.3, -0.25) is 0 Å². The molecule has 1 aromatic heterocycles. The fourth-order valence-corrected chi connectivity index (χ4v) is 4.06. The zero-order chi connectivity index (χ0) is 11.0. The van der Waals surface area contributed by atoms with Gasteiger partial charge in [-0.2, -0.15) is 0 Å². The monoisotopic (exact) mass is 337 g/mol. The maximum atomic E-state index is 2.34. The molecule has 16 heavy (non-hydrogen) atoms. The van der Waals surface area contributed by atoms with Gasteiger partial charge in [0.05, 0.1) is 0 Å². The van der Waals surface area contributed by atoms with Crippen LogP contribution in [0.15, 0.2) is 60.0 Å². The summed E-state index contributed by atoms with van der Waals surface area (Å²) in [7, 11) is 0.142. The van der Waals surface area contributed by atoms with E-state index in [1.165, 1.54) is 18.6 Å². The molecule has 0 saturated heterocycles. The van der Waals surface area contributed by atoms with Gasteiger partial charge >= 0.3 is 0 Å². The Kier molecular flexibility index (Phi) is 2.69. The Morgan fingerprint density at radius 1 is 0.812 bits per heavy atom. The average molecular weight is 337 g/mol. The molecule has 3 aromatic rings. The van der Waals surface area contributed by atoms with Crippen LogP contribution in [0.25, 0.3) is 15.0 Å². The number of benzene rings is 2. The summed E-state index contributed by atoms with van der Waals surface area (Å²) in [5.74, 6) is 0. The molecule has 0 N–H and O–H groups in total. The first kappa shape index (κ1) is 10.3. The number of halogens is 1. The summed E-state index contributed by atoms with van der Waals surface area (Å²) in [6.45, 7) is 0. The second-order valence-electron chi connectivity index (χ2n) is 3.63. The molecule has 3 rings (SSSR count). The Morgan fingerprint density at radius 3 is 2.38 bits per heavy atom. The van der Waals surface area contributed by atoms with Crippen LogP contribution in [0.3, 0.4) is 0 Å². The molecule has 0 saturated carbocycles. The van der Waals surface area contributed by atoms with Gasteiger partial charge in [0, 0.05) is 25.5 Å². The number of rotatable bonds is 1. The van der Waals surface area contributed by atoms with Gasteiger partial charge in [-0.05, 0) is 59.0 Å². The molecule has 0 aliphatic rings. The lowest BCUT2D eigenvalue weighted by Gasteiger charge is -1.92. The second-order valence-corrected chi connectivity index (χ2v) is 6.74. The highest BCUT2D eigenvalue weighted by Crippen LogP contribution is 2.39. The van der Waals surface area contributed by atoms with Crippen molar-refractivity contribution in [2.75, 3.05) is 0 Å². The van der Waals surface area contributed by atoms with Gasteiger partial charge in [-0.25, -0.2) is 0 Å². The lowest BCUT2D eigenvalue weighted by atomic mass is 10.3. The predicted molar refractivity (Wildman–Crippen MR) is 80.5 cm³/mol. The van der Waals surface area contributed by atoms with Gasteiger partial charge in [0.1, 0.15) is 5.38 Å². The van der Waals surface area contributed by atoms with E-state index in [2.05, 4.69) is 82.6 Å². The highest BCUT2D eigenvalue weighted by atomic mass is 127. The molecule has 0 spiro atoms. The summed E-state index contributed by atoms with van der Waals surface area (Å²) in [5, 5.41) is 3.68. The minimum absolute atomic E-state index is 0.142. The van der Waals surface area contributed by atoms with Gasteiger partial charge in [-0.1, -0.05) is 12.1 Å². The van der Waals surface area contributed by atoms with Crippen LogP contribution in [0.4, 0.5) is 0 Å². The molecule has 1 heterocycles. The normalized spacial score (nSPS) is 11.9. The molecule has 0 fully saturated rings. The maximum Gasteiger partial charge on any atom is 0.186 e. The fourth-order valence-electron chi connectivity index (χ4n) is 1.82. The molecule has 2 aromatic carbocycles. The molecule has 2 heteroatoms. The zero-order valence-electron chi connectivity index (χ0n) is 8.56. The van der Waals surface area contributed by atoms with Crippen LogP contribution in [0.5, 0.6) is 0 Å². The molecule has 0 radical (unpaired) electrons. The Hall–Kier alpha value is -0.870. The van der Waals surface area contributed by atoms with Crippen molar-refractivity contribution in [1.82, 2.24) is 0 Å². The van der Waals surface area contributed by atoms with Gasteiger partial charge in [0.15, 0.2) is 9.60 Å². The van der Waals surface area contributed by atoms with E-state index in [9.17, 15) is 0 Å². The molecular weight excluding hydrogens is 327 g/mol. The Labute approximate surface area is 111 Å². The Balaban J connectivity index is 2.22. The van der Waals surface area contributed by atoms with Crippen molar-refractivity contribution in [2.24, 2.45) is 0 Å². The largest absolute Gasteiger partial charge is 0.186 e. The molecular formula is C14H10IS+. The lowest BCUT2D eigenvalue weighted by molar-refractivity contribution is 1.68. The van der Waals surface area contributed by atoms with Crippen molar-refractivity contribution < 1.29 is 0 Å². The molecule has 0 bridgehead atoms. The number of fused-ring (bicyclic) bond motifs is 1. The minimum atomic E-state index is 0.142. The van der Waals surface area contributed by atoms with Crippen molar-refractivity contribution in [3.63, 3.8) is 0 Å². The molecule has 0 nitrogen and oxygen atoms in total. The van der Waals surface area contributed by atoms with E-state index < -0.39 is 0 Å². The third kappa shape index (κ3) is 1.76. The van der Waals surface area contributed by atoms with E-state index >= 15 is 0 Å². The van der Waals surface area contributed by atoms with Crippen molar-refractivity contribution in [3.8, 4) is 4.90 Å². The molecule has 1 unspecified atom stereocenters. The smallest absolute Gasteiger partial charge is 0.0613 e. The Bertz CT molecular complexity index is 623. The summed E-state index contributed by atoms with van der Waals surface area (Å²) < 4.78 is 2.74. The van der Waals surface area contributed by atoms with Gasteiger partial charge in [-0.15, -0.1) is 0 Å². The van der Waals surface area contributed by atoms with Crippen molar-refractivity contribution in [1.29, 1.82) is 0 Å². The average Bonchev–Trinajstić information content (AvgIpc) is 2.74. The summed E-state index contributed by atoms with van der Waals surface area (Å²) in [5.41, 5.74) is 0. The summed E-state index contributed by atoms with van der Waals surface area (Å²) in [6.07, 6.45) is 0. The van der Waals surface area contributed by atoms with Crippen LogP contribution in [0.2, 0.25) is 0 Å². The number of thiophene rings is 1. The maximum absolute atomic E-state index is 2.34. The lowest BCUT2D eigenvalue weighted by Crippen LogP contribution is -1.71. The molecule has 0 amide bonds. The first-order valence-electron chi connectivity index (χ1n) is 5.10. The summed E-state index contributed by atoms with van der Waals surface area (Å²) >= 11 is 2.34. The third-order valence-corrected chi connectivity index (χ3v) is 5.36. The number of hydrogen-bond acceptors (Lipinski definition) is 0. The summed E-state index contributed by atoms with van der Waals surface area (Å²) in [6, 6.07) is 19.7. The first-order valence-corrected chi connectivity index (χ1v) is 7.47. The van der Waals surface area contributed by atoms with E-state index in [1.54, 1.807) is 0 Å². The molecule has 0 aliphatic heterocycles. The van der Waals surface area contributed by atoms with E-state index in [0.29, 0.717) is 0 Å². The van der Waals surface area contributed by atoms with E-state index in [-0.39, 0.29) is 10.5 Å². The second kappa shape index (κ2) is 4.18. The summed E-state index contributed by atoms with van der Waals surface area (Å²) in [4.78, 5) is 1.40. The number of hydrogen-bond donors (Lipinski definition) is 0. The van der Waals surface area contributed by atoms with Crippen LogP contribution >= 0.6 is 33.1 Å². The van der Waals surface area contributed by atoms with Gasteiger partial charge in [0.2, 0.25) is 0 Å². The third-order valence-electron chi connectivity index (χ3n) is 2.61. The topological polar surface area (TPSA) is 0 Å². The van der Waals surface area contributed by atoms with Crippen molar-refractivity contribution in [2.45, 2.75) is 0 Å². The van der Waals surface area contributed by atoms with Crippen molar-refractivity contribution in [3.05, 3.63) is 63.5 Å². The predicted octanol–water partition coefficient (Wildman–Crippen LogP) is 5.18. The van der Waals surface area contributed by atoms with Gasteiger partial charge < -0.3 is 0 Å². The van der Waals surface area contributed by atoms with Crippen LogP contribution in [0.1, 0.15) is 0 Å². The van der Waals surface area contributed by atoms with Crippen LogP contribution in [-0.4, -0.2) is 0 Å². The van der Waals surface area contributed by atoms with Crippen LogP contribution in [0, 0.1) is 3.57 Å². The van der Waals surface area contributed by atoms with E-state index in [0.717, 1.165) is 0 Å². The SMILES string of the molecule is Ic1ccc(-[s+]2ccc3ccccc32)cc1. The van der Waals surface area contributed by atoms with Gasteiger partial charge in [0.25, 0.3) is 0 Å². The molecule has 78 valence electrons. The molecule has 0 aliphatic carbocycles. The van der Waals surface area contributed by atoms with E-state index in [4.69, 9.17) is 0 Å². The zero-order valence-corrected chi connectivity index (χ0v) is 11.5. The van der Waals surface area contributed by atoms with Crippen LogP contribution < -0.4 is 0 Å². The Morgan fingerprint density at radius 2 is 1.56 bits per heavy atom. The minimum Gasteiger partial charge on any atom is -0.0613 e. The first-order chi connectivity index (χ1) is 7.84. The standard InChI is InChI=1S/C14H10IS/c15-12-5-7-13(8-6-12)16-10-9-11-3-1-2-4-14(11)16/h1-10H/q+1.